The van der Waals surface area contributed by atoms with Crippen molar-refractivity contribution >= 4 is 11.6 Å². The van der Waals surface area contributed by atoms with Crippen LogP contribution in [0.3, 0.4) is 0 Å². The van der Waals surface area contributed by atoms with Crippen LogP contribution in [0.1, 0.15) is 36.4 Å². The molecule has 0 spiro atoms. The zero-order valence-corrected chi connectivity index (χ0v) is 18.3. The van der Waals surface area contributed by atoms with E-state index in [1.165, 1.54) is 12.1 Å². The van der Waals surface area contributed by atoms with Gasteiger partial charge in [0.2, 0.25) is 5.82 Å². The summed E-state index contributed by atoms with van der Waals surface area (Å²) in [5.74, 6) is 0.425. The Morgan fingerprint density at radius 1 is 1.19 bits per heavy atom. The van der Waals surface area contributed by atoms with E-state index in [1.807, 2.05) is 38.1 Å². The third-order valence-electron chi connectivity index (χ3n) is 5.46. The fraction of sp³-hybridized carbons (Fsp3) is 0.292. The number of urea groups is 1. The lowest BCUT2D eigenvalue weighted by molar-refractivity contribution is 0.174. The van der Waals surface area contributed by atoms with E-state index in [4.69, 9.17) is 9.26 Å². The fourth-order valence-electron chi connectivity index (χ4n) is 3.83. The molecule has 166 valence electrons. The maximum absolute atomic E-state index is 13.5. The lowest BCUT2D eigenvalue weighted by atomic mass is 9.94. The number of nitrogens with zero attached hydrogens (tertiary/aromatic N) is 3. The molecule has 1 unspecified atom stereocenters. The molecule has 8 heteroatoms. The Kier molecular flexibility index (Phi) is 6.32. The summed E-state index contributed by atoms with van der Waals surface area (Å²) in [4.78, 5) is 19.2. The normalized spacial score (nSPS) is 16.4. The van der Waals surface area contributed by atoms with Crippen LogP contribution in [0.2, 0.25) is 0 Å². The van der Waals surface area contributed by atoms with E-state index in [0.29, 0.717) is 42.6 Å². The molecule has 0 fully saturated rings. The molecule has 2 aromatic carbocycles. The minimum Gasteiger partial charge on any atom is -0.385 e. The van der Waals surface area contributed by atoms with Gasteiger partial charge in [-0.25, -0.2) is 9.18 Å². The summed E-state index contributed by atoms with van der Waals surface area (Å²) in [5.41, 5.74) is 4.04. The number of nitrogens with one attached hydrogen (secondary N) is 1. The number of ether oxygens (including phenoxy) is 1. The third kappa shape index (κ3) is 4.40. The van der Waals surface area contributed by atoms with Crippen LogP contribution in [-0.4, -0.2) is 41.3 Å². The predicted octanol–water partition coefficient (Wildman–Crippen LogP) is 4.72. The number of benzene rings is 2. The van der Waals surface area contributed by atoms with Crippen LogP contribution in [0.25, 0.3) is 17.0 Å². The molecular formula is C24H25FN4O3. The standard InChI is InChI=1S/C24H25FN4O3/c1-15-6-4-7-18(14-15)22-27-23(32-28-22)20-16(2)29(12-5-13-31-3)24(30)26-21(20)17-8-10-19(25)11-9-17/h4,6-11,14,21H,5,12-13H2,1-3H3,(H,26,30). The topological polar surface area (TPSA) is 80.5 Å². The minimum absolute atomic E-state index is 0.241. The van der Waals surface area contributed by atoms with Gasteiger partial charge in [0.05, 0.1) is 11.6 Å². The van der Waals surface area contributed by atoms with Crippen LogP contribution in [-0.2, 0) is 4.74 Å². The SMILES string of the molecule is COCCCN1C(=O)NC(c2ccc(F)cc2)C(c2nc(-c3cccc(C)c3)no2)=C1C. The zero-order valence-electron chi connectivity index (χ0n) is 18.3. The molecule has 0 aliphatic carbocycles. The second-order valence-electron chi connectivity index (χ2n) is 7.72. The molecule has 0 saturated carbocycles. The second-order valence-corrected chi connectivity index (χ2v) is 7.72. The van der Waals surface area contributed by atoms with Crippen molar-refractivity contribution in [3.05, 3.63) is 77.1 Å². The van der Waals surface area contributed by atoms with Crippen molar-refractivity contribution in [2.24, 2.45) is 0 Å². The van der Waals surface area contributed by atoms with Crippen molar-refractivity contribution in [2.45, 2.75) is 26.3 Å². The molecular weight excluding hydrogens is 411 g/mol. The Morgan fingerprint density at radius 2 is 1.97 bits per heavy atom. The number of hydrogen-bond donors (Lipinski definition) is 1. The molecule has 0 radical (unpaired) electrons. The fourth-order valence-corrected chi connectivity index (χ4v) is 3.83. The van der Waals surface area contributed by atoms with Crippen molar-refractivity contribution in [1.29, 1.82) is 0 Å². The summed E-state index contributed by atoms with van der Waals surface area (Å²) in [6.45, 7) is 4.86. The number of aryl methyl sites for hydroxylation is 1. The average molecular weight is 436 g/mol. The van der Waals surface area contributed by atoms with Gasteiger partial charge in [0.25, 0.3) is 5.89 Å². The van der Waals surface area contributed by atoms with E-state index in [1.54, 1.807) is 24.1 Å². The Morgan fingerprint density at radius 3 is 2.69 bits per heavy atom. The van der Waals surface area contributed by atoms with E-state index in [9.17, 15) is 9.18 Å². The number of carbonyl (C=O) groups excluding carboxylic acids is 1. The summed E-state index contributed by atoms with van der Waals surface area (Å²) in [7, 11) is 1.63. The van der Waals surface area contributed by atoms with Crippen LogP contribution in [0.5, 0.6) is 0 Å². The Labute approximate surface area is 185 Å². The van der Waals surface area contributed by atoms with Gasteiger partial charge in [-0.1, -0.05) is 41.1 Å². The van der Waals surface area contributed by atoms with Crippen molar-refractivity contribution < 1.29 is 18.4 Å². The highest BCUT2D eigenvalue weighted by Crippen LogP contribution is 2.37. The largest absolute Gasteiger partial charge is 0.385 e. The first kappa shape index (κ1) is 21.7. The molecule has 1 N–H and O–H groups in total. The predicted molar refractivity (Wildman–Crippen MR) is 118 cm³/mol. The minimum atomic E-state index is -0.549. The summed E-state index contributed by atoms with van der Waals surface area (Å²) >= 11 is 0. The van der Waals surface area contributed by atoms with E-state index in [-0.39, 0.29) is 11.8 Å². The molecule has 7 nitrogen and oxygen atoms in total. The first-order valence-corrected chi connectivity index (χ1v) is 10.4. The quantitative estimate of drug-likeness (QED) is 0.542. The zero-order chi connectivity index (χ0) is 22.7. The maximum atomic E-state index is 13.5. The van der Waals surface area contributed by atoms with Gasteiger partial charge in [-0.3, -0.25) is 4.90 Å². The summed E-state index contributed by atoms with van der Waals surface area (Å²) in [6, 6.07) is 13.1. The number of methoxy groups -OCH3 is 1. The first-order valence-electron chi connectivity index (χ1n) is 10.4. The van der Waals surface area contributed by atoms with Gasteiger partial charge in [-0.2, -0.15) is 4.98 Å². The summed E-state index contributed by atoms with van der Waals surface area (Å²) < 4.78 is 24.3. The highest BCUT2D eigenvalue weighted by Gasteiger charge is 2.35. The number of halogens is 1. The van der Waals surface area contributed by atoms with Gasteiger partial charge >= 0.3 is 6.03 Å². The number of amides is 2. The molecule has 1 aromatic heterocycles. The van der Waals surface area contributed by atoms with Crippen LogP contribution < -0.4 is 5.32 Å². The number of aromatic nitrogens is 2. The highest BCUT2D eigenvalue weighted by molar-refractivity contribution is 5.86. The Bertz CT molecular complexity index is 1140. The molecule has 0 bridgehead atoms. The van der Waals surface area contributed by atoms with Gasteiger partial charge in [-0.05, 0) is 44.0 Å². The van der Waals surface area contributed by atoms with Crippen LogP contribution in [0, 0.1) is 12.7 Å². The molecule has 0 saturated heterocycles. The molecule has 1 aliphatic rings. The maximum Gasteiger partial charge on any atom is 0.322 e. The van der Waals surface area contributed by atoms with Crippen LogP contribution in [0.4, 0.5) is 9.18 Å². The Balaban J connectivity index is 1.77. The van der Waals surface area contributed by atoms with Crippen molar-refractivity contribution in [1.82, 2.24) is 20.4 Å². The number of rotatable bonds is 7. The molecule has 32 heavy (non-hydrogen) atoms. The van der Waals surface area contributed by atoms with Crippen molar-refractivity contribution in [3.63, 3.8) is 0 Å². The van der Waals surface area contributed by atoms with Crippen LogP contribution >= 0.6 is 0 Å². The number of carbonyl (C=O) groups is 1. The number of allylic oxidation sites excluding steroid dienone is 1. The summed E-state index contributed by atoms with van der Waals surface area (Å²) in [6.07, 6.45) is 0.675. The smallest absolute Gasteiger partial charge is 0.322 e. The second kappa shape index (κ2) is 9.32. The highest BCUT2D eigenvalue weighted by atomic mass is 19.1. The lowest BCUT2D eigenvalue weighted by Crippen LogP contribution is -2.46. The molecule has 2 heterocycles. The van der Waals surface area contributed by atoms with Gasteiger partial charge in [0.15, 0.2) is 0 Å². The molecule has 2 amide bonds. The van der Waals surface area contributed by atoms with Gasteiger partial charge in [0.1, 0.15) is 5.82 Å². The molecule has 1 atom stereocenters. The van der Waals surface area contributed by atoms with E-state index in [0.717, 1.165) is 16.7 Å². The van der Waals surface area contributed by atoms with Crippen LogP contribution in [0.15, 0.2) is 58.8 Å². The lowest BCUT2D eigenvalue weighted by Gasteiger charge is -2.35. The molecule has 1 aliphatic heterocycles. The van der Waals surface area contributed by atoms with Gasteiger partial charge in [0, 0.05) is 31.5 Å². The van der Waals surface area contributed by atoms with Crippen molar-refractivity contribution in [2.75, 3.05) is 20.3 Å². The van der Waals surface area contributed by atoms with Gasteiger partial charge in [-0.15, -0.1) is 0 Å². The van der Waals surface area contributed by atoms with E-state index in [2.05, 4.69) is 15.5 Å². The Hall–Kier alpha value is -3.52. The molecule has 3 aromatic rings. The monoisotopic (exact) mass is 436 g/mol. The average Bonchev–Trinajstić information content (AvgIpc) is 3.26. The van der Waals surface area contributed by atoms with E-state index >= 15 is 0 Å². The summed E-state index contributed by atoms with van der Waals surface area (Å²) in [5, 5.41) is 7.17. The van der Waals surface area contributed by atoms with Crippen molar-refractivity contribution in [3.8, 4) is 11.4 Å². The van der Waals surface area contributed by atoms with E-state index < -0.39 is 6.04 Å². The number of hydrogen-bond acceptors (Lipinski definition) is 5. The first-order chi connectivity index (χ1) is 15.5. The molecule has 4 rings (SSSR count). The van der Waals surface area contributed by atoms with Gasteiger partial charge < -0.3 is 14.6 Å². The third-order valence-corrected chi connectivity index (χ3v) is 5.46.